The minimum absolute atomic E-state index is 0.130. The van der Waals surface area contributed by atoms with Gasteiger partial charge in [0, 0.05) is 5.92 Å². The summed E-state index contributed by atoms with van der Waals surface area (Å²) in [7, 11) is 0. The summed E-state index contributed by atoms with van der Waals surface area (Å²) in [6, 6.07) is 4.47. The molecular weight excluding hydrogens is 223 g/mol. The summed E-state index contributed by atoms with van der Waals surface area (Å²) in [5.74, 6) is 0.284. The molecular formula is C13H17FO3. The highest BCUT2D eigenvalue weighted by Crippen LogP contribution is 2.31. The summed E-state index contributed by atoms with van der Waals surface area (Å²) in [4.78, 5) is 0. The largest absolute Gasteiger partial charge is 0.490 e. The van der Waals surface area contributed by atoms with Gasteiger partial charge in [-0.2, -0.15) is 0 Å². The van der Waals surface area contributed by atoms with E-state index >= 15 is 0 Å². The smallest absolute Gasteiger partial charge is 0.123 e. The lowest BCUT2D eigenvalue weighted by Crippen LogP contribution is -2.37. The van der Waals surface area contributed by atoms with Gasteiger partial charge in [0.2, 0.25) is 0 Å². The van der Waals surface area contributed by atoms with E-state index in [2.05, 4.69) is 0 Å². The Morgan fingerprint density at radius 3 is 3.00 bits per heavy atom. The first-order valence-corrected chi connectivity index (χ1v) is 5.86. The van der Waals surface area contributed by atoms with Crippen LogP contribution in [0.15, 0.2) is 18.2 Å². The van der Waals surface area contributed by atoms with Crippen LogP contribution >= 0.6 is 0 Å². The molecule has 2 N–H and O–H groups in total. The van der Waals surface area contributed by atoms with E-state index < -0.39 is 6.10 Å². The van der Waals surface area contributed by atoms with Crippen molar-refractivity contribution in [2.24, 2.45) is 5.92 Å². The van der Waals surface area contributed by atoms with Crippen LogP contribution in [0.2, 0.25) is 0 Å². The molecule has 0 amide bonds. The molecule has 0 radical (unpaired) electrons. The molecule has 4 heteroatoms. The Balaban J connectivity index is 2.11. The van der Waals surface area contributed by atoms with Crippen molar-refractivity contribution in [3.63, 3.8) is 0 Å². The summed E-state index contributed by atoms with van der Waals surface area (Å²) in [6.45, 7) is 1.58. The average molecular weight is 240 g/mol. The predicted molar refractivity (Wildman–Crippen MR) is 61.4 cm³/mol. The molecule has 1 aromatic carbocycles. The molecule has 1 unspecified atom stereocenters. The molecule has 1 heterocycles. The Kier molecular flexibility index (Phi) is 3.64. The van der Waals surface area contributed by atoms with Gasteiger partial charge in [-0.25, -0.2) is 4.39 Å². The number of aryl methyl sites for hydroxylation is 1. The molecule has 0 spiro atoms. The zero-order valence-electron chi connectivity index (χ0n) is 9.77. The number of aliphatic hydroxyl groups is 2. The van der Waals surface area contributed by atoms with Crippen LogP contribution in [-0.2, 0) is 6.42 Å². The van der Waals surface area contributed by atoms with Crippen LogP contribution < -0.4 is 4.74 Å². The SMILES string of the molecule is CC([C@H](O)CO)[C@H]1CCc2cc(F)ccc2O1. The minimum Gasteiger partial charge on any atom is -0.490 e. The fourth-order valence-electron chi connectivity index (χ4n) is 2.16. The molecule has 0 bridgehead atoms. The molecule has 2 rings (SSSR count). The van der Waals surface area contributed by atoms with E-state index in [1.807, 2.05) is 6.92 Å². The molecule has 0 fully saturated rings. The molecule has 0 aromatic heterocycles. The van der Waals surface area contributed by atoms with Crippen LogP contribution in [0, 0.1) is 11.7 Å². The lowest BCUT2D eigenvalue weighted by molar-refractivity contribution is -0.00493. The topological polar surface area (TPSA) is 49.7 Å². The maximum absolute atomic E-state index is 13.0. The molecule has 1 aliphatic heterocycles. The van der Waals surface area contributed by atoms with Crippen molar-refractivity contribution in [2.45, 2.75) is 32.0 Å². The summed E-state index contributed by atoms with van der Waals surface area (Å²) in [5, 5.41) is 18.5. The summed E-state index contributed by atoms with van der Waals surface area (Å²) in [6.07, 6.45) is 0.562. The van der Waals surface area contributed by atoms with Gasteiger partial charge in [0.05, 0.1) is 12.7 Å². The first-order valence-electron chi connectivity index (χ1n) is 5.86. The lowest BCUT2D eigenvalue weighted by Gasteiger charge is -2.32. The van der Waals surface area contributed by atoms with E-state index in [4.69, 9.17) is 9.84 Å². The molecule has 3 nitrogen and oxygen atoms in total. The third-order valence-corrected chi connectivity index (χ3v) is 3.38. The molecule has 0 aliphatic carbocycles. The Hall–Kier alpha value is -1.13. The van der Waals surface area contributed by atoms with Crippen molar-refractivity contribution in [1.29, 1.82) is 0 Å². The van der Waals surface area contributed by atoms with Gasteiger partial charge in [0.15, 0.2) is 0 Å². The van der Waals surface area contributed by atoms with E-state index in [1.54, 1.807) is 6.07 Å². The first kappa shape index (κ1) is 12.3. The molecule has 3 atom stereocenters. The maximum atomic E-state index is 13.0. The third-order valence-electron chi connectivity index (χ3n) is 3.38. The minimum atomic E-state index is -0.776. The van der Waals surface area contributed by atoms with Crippen molar-refractivity contribution in [1.82, 2.24) is 0 Å². The molecule has 0 saturated heterocycles. The maximum Gasteiger partial charge on any atom is 0.123 e. The Morgan fingerprint density at radius 1 is 1.53 bits per heavy atom. The van der Waals surface area contributed by atoms with Gasteiger partial charge < -0.3 is 14.9 Å². The van der Waals surface area contributed by atoms with Crippen molar-refractivity contribution in [3.05, 3.63) is 29.6 Å². The monoisotopic (exact) mass is 240 g/mol. The normalized spacial score (nSPS) is 22.5. The van der Waals surface area contributed by atoms with Crippen LogP contribution in [0.4, 0.5) is 4.39 Å². The van der Waals surface area contributed by atoms with E-state index in [9.17, 15) is 9.50 Å². The number of fused-ring (bicyclic) bond motifs is 1. The van der Waals surface area contributed by atoms with Gasteiger partial charge in [-0.1, -0.05) is 6.92 Å². The number of halogens is 1. The van der Waals surface area contributed by atoms with Crippen LogP contribution in [0.5, 0.6) is 5.75 Å². The van der Waals surface area contributed by atoms with Crippen molar-refractivity contribution < 1.29 is 19.3 Å². The van der Waals surface area contributed by atoms with E-state index in [0.717, 1.165) is 18.4 Å². The highest BCUT2D eigenvalue weighted by molar-refractivity contribution is 5.35. The predicted octanol–water partition coefficient (Wildman–Crippen LogP) is 1.51. The van der Waals surface area contributed by atoms with Crippen LogP contribution in [-0.4, -0.2) is 29.0 Å². The van der Waals surface area contributed by atoms with Crippen molar-refractivity contribution >= 4 is 0 Å². The van der Waals surface area contributed by atoms with Gasteiger partial charge in [-0.05, 0) is 36.6 Å². The van der Waals surface area contributed by atoms with Crippen LogP contribution in [0.1, 0.15) is 18.9 Å². The van der Waals surface area contributed by atoms with E-state index in [1.165, 1.54) is 12.1 Å². The number of hydrogen-bond donors (Lipinski definition) is 2. The van der Waals surface area contributed by atoms with Crippen LogP contribution in [0.3, 0.4) is 0 Å². The standard InChI is InChI=1S/C13H17FO3/c1-8(11(16)7-15)12-4-2-9-6-10(14)3-5-13(9)17-12/h3,5-6,8,11-12,15-16H,2,4,7H2,1H3/t8?,11-,12-/m1/s1. The van der Waals surface area contributed by atoms with Gasteiger partial charge >= 0.3 is 0 Å². The van der Waals surface area contributed by atoms with Crippen LogP contribution in [0.25, 0.3) is 0 Å². The number of ether oxygens (including phenoxy) is 1. The summed E-state index contributed by atoms with van der Waals surface area (Å²) < 4.78 is 18.7. The summed E-state index contributed by atoms with van der Waals surface area (Å²) in [5.41, 5.74) is 0.868. The quantitative estimate of drug-likeness (QED) is 0.842. The molecule has 1 aliphatic rings. The molecule has 0 saturated carbocycles. The average Bonchev–Trinajstić information content (AvgIpc) is 2.36. The second kappa shape index (κ2) is 5.02. The van der Waals surface area contributed by atoms with Crippen molar-refractivity contribution in [2.75, 3.05) is 6.61 Å². The number of rotatable bonds is 3. The zero-order valence-corrected chi connectivity index (χ0v) is 9.77. The van der Waals surface area contributed by atoms with Crippen molar-refractivity contribution in [3.8, 4) is 5.75 Å². The molecule has 94 valence electrons. The number of benzene rings is 1. The van der Waals surface area contributed by atoms with E-state index in [-0.39, 0.29) is 24.4 Å². The Morgan fingerprint density at radius 2 is 2.29 bits per heavy atom. The van der Waals surface area contributed by atoms with Gasteiger partial charge in [0.25, 0.3) is 0 Å². The van der Waals surface area contributed by atoms with E-state index in [0.29, 0.717) is 5.75 Å². The number of hydrogen-bond acceptors (Lipinski definition) is 3. The second-order valence-electron chi connectivity index (χ2n) is 4.56. The fraction of sp³-hybridized carbons (Fsp3) is 0.538. The zero-order chi connectivity index (χ0) is 12.4. The van der Waals surface area contributed by atoms with Gasteiger partial charge in [-0.15, -0.1) is 0 Å². The fourth-order valence-corrected chi connectivity index (χ4v) is 2.16. The van der Waals surface area contributed by atoms with Gasteiger partial charge in [0.1, 0.15) is 17.7 Å². The second-order valence-corrected chi connectivity index (χ2v) is 4.56. The third kappa shape index (κ3) is 2.58. The highest BCUT2D eigenvalue weighted by Gasteiger charge is 2.29. The first-order chi connectivity index (χ1) is 8.11. The Labute approximate surface area is 99.8 Å². The van der Waals surface area contributed by atoms with Gasteiger partial charge in [-0.3, -0.25) is 0 Å². The molecule has 1 aromatic rings. The molecule has 17 heavy (non-hydrogen) atoms. The highest BCUT2D eigenvalue weighted by atomic mass is 19.1. The Bertz CT molecular complexity index is 394. The summed E-state index contributed by atoms with van der Waals surface area (Å²) >= 11 is 0. The lowest BCUT2D eigenvalue weighted by atomic mass is 9.91. The number of aliphatic hydroxyl groups excluding tert-OH is 2.